The Morgan fingerprint density at radius 2 is 2.19 bits per heavy atom. The molecule has 1 aromatic carbocycles. The average Bonchev–Trinajstić information content (AvgIpc) is 2.77. The SMILES string of the molecule is C[C@H]1CC(F)(F)CC[C@@H]1C(=O)N1Cc2cccnc2Nc2ccc(Br)cc21. The maximum atomic E-state index is 13.7. The van der Waals surface area contributed by atoms with Crippen LogP contribution in [0.5, 0.6) is 0 Å². The van der Waals surface area contributed by atoms with Crippen LogP contribution in [-0.2, 0) is 11.3 Å². The van der Waals surface area contributed by atoms with Crippen molar-refractivity contribution in [2.24, 2.45) is 11.8 Å². The number of rotatable bonds is 1. The molecule has 1 aromatic heterocycles. The summed E-state index contributed by atoms with van der Waals surface area (Å²) in [5.74, 6) is -2.83. The first kappa shape index (κ1) is 18.3. The second-order valence-electron chi connectivity index (χ2n) is 7.40. The van der Waals surface area contributed by atoms with Crippen LogP contribution in [0.15, 0.2) is 41.0 Å². The van der Waals surface area contributed by atoms with E-state index < -0.39 is 11.8 Å². The zero-order valence-electron chi connectivity index (χ0n) is 14.9. The van der Waals surface area contributed by atoms with Crippen molar-refractivity contribution in [3.8, 4) is 0 Å². The van der Waals surface area contributed by atoms with E-state index in [4.69, 9.17) is 0 Å². The van der Waals surface area contributed by atoms with Crippen LogP contribution in [-0.4, -0.2) is 16.8 Å². The monoisotopic (exact) mass is 435 g/mol. The highest BCUT2D eigenvalue weighted by atomic mass is 79.9. The number of fused-ring (bicyclic) bond motifs is 2. The maximum Gasteiger partial charge on any atom is 0.248 e. The third-order valence-corrected chi connectivity index (χ3v) is 5.93. The summed E-state index contributed by atoms with van der Waals surface area (Å²) in [5.41, 5.74) is 2.40. The van der Waals surface area contributed by atoms with E-state index in [1.54, 1.807) is 18.0 Å². The van der Waals surface area contributed by atoms with Crippen molar-refractivity contribution in [2.45, 2.75) is 38.7 Å². The van der Waals surface area contributed by atoms with E-state index in [0.29, 0.717) is 12.4 Å². The molecule has 1 aliphatic carbocycles. The first-order valence-corrected chi connectivity index (χ1v) is 9.83. The van der Waals surface area contributed by atoms with Gasteiger partial charge in [0, 0.05) is 35.0 Å². The highest BCUT2D eigenvalue weighted by Crippen LogP contribution is 2.43. The minimum Gasteiger partial charge on any atom is -0.338 e. The lowest BCUT2D eigenvalue weighted by Gasteiger charge is -2.36. The molecule has 0 saturated heterocycles. The van der Waals surface area contributed by atoms with E-state index in [0.717, 1.165) is 21.4 Å². The third-order valence-electron chi connectivity index (χ3n) is 5.44. The van der Waals surface area contributed by atoms with Gasteiger partial charge >= 0.3 is 0 Å². The first-order chi connectivity index (χ1) is 12.8. The van der Waals surface area contributed by atoms with Crippen LogP contribution in [0.1, 0.15) is 31.7 Å². The molecule has 1 amide bonds. The molecule has 0 bridgehead atoms. The number of nitrogens with zero attached hydrogens (tertiary/aromatic N) is 2. The van der Waals surface area contributed by atoms with Gasteiger partial charge in [-0.2, -0.15) is 0 Å². The number of hydrogen-bond donors (Lipinski definition) is 1. The molecule has 27 heavy (non-hydrogen) atoms. The zero-order chi connectivity index (χ0) is 19.2. The molecule has 0 radical (unpaired) electrons. The number of carbonyl (C=O) groups excluding carboxylic acids is 1. The minimum absolute atomic E-state index is 0.101. The lowest BCUT2D eigenvalue weighted by molar-refractivity contribution is -0.130. The van der Waals surface area contributed by atoms with Gasteiger partial charge < -0.3 is 10.2 Å². The first-order valence-electron chi connectivity index (χ1n) is 9.04. The van der Waals surface area contributed by atoms with E-state index in [2.05, 4.69) is 26.2 Å². The van der Waals surface area contributed by atoms with Gasteiger partial charge in [-0.3, -0.25) is 4.79 Å². The number of amides is 1. The second kappa shape index (κ2) is 6.86. The minimum atomic E-state index is -2.67. The number of pyridine rings is 1. The number of nitrogens with one attached hydrogen (secondary N) is 1. The van der Waals surface area contributed by atoms with Gasteiger partial charge in [0.1, 0.15) is 5.82 Å². The summed E-state index contributed by atoms with van der Waals surface area (Å²) in [6.07, 6.45) is 1.44. The summed E-state index contributed by atoms with van der Waals surface area (Å²) in [6, 6.07) is 9.43. The molecule has 1 saturated carbocycles. The number of carbonyl (C=O) groups is 1. The standard InChI is InChI=1S/C20H20BrF2N3O/c1-12-10-20(22,23)7-6-15(12)19(27)26-11-13-3-2-8-24-18(13)25-16-5-4-14(21)9-17(16)26/h2-5,8-9,12,15H,6-7,10-11H2,1H3,(H,24,25)/t12-,15-/m0/s1. The molecule has 7 heteroatoms. The van der Waals surface area contributed by atoms with E-state index in [9.17, 15) is 13.6 Å². The largest absolute Gasteiger partial charge is 0.338 e. The van der Waals surface area contributed by atoms with Gasteiger partial charge in [-0.15, -0.1) is 0 Å². The Kier molecular flexibility index (Phi) is 4.66. The average molecular weight is 436 g/mol. The van der Waals surface area contributed by atoms with Crippen molar-refractivity contribution >= 4 is 39.0 Å². The van der Waals surface area contributed by atoms with E-state index in [-0.39, 0.29) is 31.1 Å². The van der Waals surface area contributed by atoms with Crippen LogP contribution in [0.4, 0.5) is 26.0 Å². The predicted molar refractivity (Wildman–Crippen MR) is 104 cm³/mol. The summed E-state index contributed by atoms with van der Waals surface area (Å²) in [7, 11) is 0. The number of benzene rings is 1. The molecule has 4 nitrogen and oxygen atoms in total. The molecule has 0 unspecified atom stereocenters. The third kappa shape index (κ3) is 3.57. The van der Waals surface area contributed by atoms with E-state index in [1.807, 2.05) is 30.3 Å². The zero-order valence-corrected chi connectivity index (χ0v) is 16.5. The smallest absolute Gasteiger partial charge is 0.248 e. The Hall–Kier alpha value is -2.02. The normalized spacial score (nSPS) is 23.6. The molecule has 2 atom stereocenters. The summed E-state index contributed by atoms with van der Waals surface area (Å²) < 4.78 is 28.3. The highest BCUT2D eigenvalue weighted by molar-refractivity contribution is 9.10. The van der Waals surface area contributed by atoms with E-state index >= 15 is 0 Å². The fourth-order valence-electron chi connectivity index (χ4n) is 4.03. The van der Waals surface area contributed by atoms with Crippen LogP contribution in [0, 0.1) is 11.8 Å². The van der Waals surface area contributed by atoms with E-state index in [1.165, 1.54) is 0 Å². The number of hydrogen-bond acceptors (Lipinski definition) is 3. The number of anilines is 3. The molecule has 1 fully saturated rings. The van der Waals surface area contributed by atoms with Gasteiger partial charge in [0.15, 0.2) is 0 Å². The molecule has 4 rings (SSSR count). The molecule has 1 N–H and O–H groups in total. The quantitative estimate of drug-likeness (QED) is 0.642. The Morgan fingerprint density at radius 3 is 2.96 bits per heavy atom. The van der Waals surface area contributed by atoms with Crippen LogP contribution < -0.4 is 10.2 Å². The molecule has 2 aliphatic rings. The molecule has 1 aliphatic heterocycles. The number of alkyl halides is 2. The second-order valence-corrected chi connectivity index (χ2v) is 8.32. The van der Waals surface area contributed by atoms with Crippen molar-refractivity contribution in [1.82, 2.24) is 4.98 Å². The Balaban J connectivity index is 1.73. The highest BCUT2D eigenvalue weighted by Gasteiger charge is 2.43. The van der Waals surface area contributed by atoms with Crippen LogP contribution in [0.25, 0.3) is 0 Å². The maximum absolute atomic E-state index is 13.7. The van der Waals surface area contributed by atoms with Crippen LogP contribution in [0.3, 0.4) is 0 Å². The molecule has 2 heterocycles. The summed E-state index contributed by atoms with van der Waals surface area (Å²) >= 11 is 3.47. The van der Waals surface area contributed by atoms with Crippen molar-refractivity contribution in [2.75, 3.05) is 10.2 Å². The van der Waals surface area contributed by atoms with Crippen LogP contribution >= 0.6 is 15.9 Å². The fourth-order valence-corrected chi connectivity index (χ4v) is 4.37. The molecule has 0 spiro atoms. The van der Waals surface area contributed by atoms with Crippen molar-refractivity contribution in [1.29, 1.82) is 0 Å². The predicted octanol–water partition coefficient (Wildman–Crippen LogP) is 5.51. The summed E-state index contributed by atoms with van der Waals surface area (Å²) in [6.45, 7) is 2.11. The van der Waals surface area contributed by atoms with Gasteiger partial charge in [0.05, 0.1) is 17.9 Å². The van der Waals surface area contributed by atoms with Gasteiger partial charge in [-0.05, 0) is 36.6 Å². The molecular weight excluding hydrogens is 416 g/mol. The van der Waals surface area contributed by atoms with Gasteiger partial charge in [0.2, 0.25) is 11.8 Å². The molecule has 2 aromatic rings. The van der Waals surface area contributed by atoms with Gasteiger partial charge in [-0.25, -0.2) is 13.8 Å². The molecular formula is C20H20BrF2N3O. The van der Waals surface area contributed by atoms with Crippen molar-refractivity contribution < 1.29 is 13.6 Å². The molecule has 142 valence electrons. The number of halogens is 3. The Morgan fingerprint density at radius 1 is 1.37 bits per heavy atom. The van der Waals surface area contributed by atoms with Crippen molar-refractivity contribution in [3.63, 3.8) is 0 Å². The lowest BCUT2D eigenvalue weighted by atomic mass is 9.77. The van der Waals surface area contributed by atoms with Crippen LogP contribution in [0.2, 0.25) is 0 Å². The fraction of sp³-hybridized carbons (Fsp3) is 0.400. The summed E-state index contributed by atoms with van der Waals surface area (Å²) in [5, 5.41) is 3.30. The number of aromatic nitrogens is 1. The van der Waals surface area contributed by atoms with Crippen molar-refractivity contribution in [3.05, 3.63) is 46.6 Å². The lowest BCUT2D eigenvalue weighted by Crippen LogP contribution is -2.42. The van der Waals surface area contributed by atoms with Gasteiger partial charge in [0.25, 0.3) is 0 Å². The van der Waals surface area contributed by atoms with Gasteiger partial charge in [-0.1, -0.05) is 28.9 Å². The topological polar surface area (TPSA) is 45.2 Å². The summed E-state index contributed by atoms with van der Waals surface area (Å²) in [4.78, 5) is 19.5. The Bertz CT molecular complexity index is 889. The Labute approximate surface area is 165 Å².